The molecule has 0 bridgehead atoms. The molecule has 5 heteroatoms. The molecule has 0 radical (unpaired) electrons. The van der Waals surface area contributed by atoms with Crippen LogP contribution in [-0.2, 0) is 4.74 Å². The molecule has 0 unspecified atom stereocenters. The lowest BCUT2D eigenvalue weighted by Gasteiger charge is -2.01. The molecule has 0 fully saturated rings. The number of rotatable bonds is 4. The number of hydrogen-bond donors (Lipinski definition) is 0. The molecule has 0 atom stereocenters. The first-order chi connectivity index (χ1) is 6.74. The molecular formula is C9H11ClN2O2. The molecule has 0 N–H and O–H groups in total. The summed E-state index contributed by atoms with van der Waals surface area (Å²) in [4.78, 5) is 11.3. The van der Waals surface area contributed by atoms with Gasteiger partial charge in [-0.05, 0) is 18.6 Å². The van der Waals surface area contributed by atoms with Gasteiger partial charge in [0.15, 0.2) is 10.8 Å². The van der Waals surface area contributed by atoms with Crippen LogP contribution in [-0.4, -0.2) is 22.8 Å². The summed E-state index contributed by atoms with van der Waals surface area (Å²) in [5.74, 6) is -0.456. The van der Waals surface area contributed by atoms with Crippen LogP contribution in [0, 0.1) is 0 Å². The zero-order chi connectivity index (χ0) is 10.4. The molecule has 0 amide bonds. The highest BCUT2D eigenvalue weighted by atomic mass is 35.5. The van der Waals surface area contributed by atoms with Crippen molar-refractivity contribution >= 4 is 17.6 Å². The van der Waals surface area contributed by atoms with E-state index in [1.807, 2.05) is 6.92 Å². The van der Waals surface area contributed by atoms with Crippen molar-refractivity contribution in [3.05, 3.63) is 23.0 Å². The quantitative estimate of drug-likeness (QED) is 0.569. The van der Waals surface area contributed by atoms with E-state index >= 15 is 0 Å². The molecule has 0 aromatic carbocycles. The maximum atomic E-state index is 11.3. The summed E-state index contributed by atoms with van der Waals surface area (Å²) in [7, 11) is 0. The van der Waals surface area contributed by atoms with Crippen LogP contribution in [0.25, 0.3) is 0 Å². The summed E-state index contributed by atoms with van der Waals surface area (Å²) >= 11 is 5.52. The van der Waals surface area contributed by atoms with Crippen LogP contribution in [0.3, 0.4) is 0 Å². The first-order valence-electron chi connectivity index (χ1n) is 4.40. The van der Waals surface area contributed by atoms with Crippen LogP contribution in [0.15, 0.2) is 12.1 Å². The molecule has 0 saturated heterocycles. The number of carbonyl (C=O) groups is 1. The highest BCUT2D eigenvalue weighted by molar-refractivity contribution is 6.29. The molecule has 14 heavy (non-hydrogen) atoms. The lowest BCUT2D eigenvalue weighted by molar-refractivity contribution is 0.0491. The zero-order valence-electron chi connectivity index (χ0n) is 7.86. The molecule has 76 valence electrons. The highest BCUT2D eigenvalue weighted by Gasteiger charge is 2.08. The monoisotopic (exact) mass is 214 g/mol. The van der Waals surface area contributed by atoms with Crippen LogP contribution in [0.1, 0.15) is 30.3 Å². The smallest absolute Gasteiger partial charge is 0.358 e. The molecule has 0 saturated carbocycles. The minimum Gasteiger partial charge on any atom is -0.461 e. The lowest BCUT2D eigenvalue weighted by atomic mass is 10.3. The highest BCUT2D eigenvalue weighted by Crippen LogP contribution is 2.03. The average Bonchev–Trinajstić information content (AvgIpc) is 2.19. The summed E-state index contributed by atoms with van der Waals surface area (Å²) < 4.78 is 4.92. The Balaban J connectivity index is 2.48. The molecule has 1 rings (SSSR count). The van der Waals surface area contributed by atoms with Gasteiger partial charge in [0.1, 0.15) is 0 Å². The Labute approximate surface area is 87.2 Å². The minimum atomic E-state index is -0.456. The Kier molecular flexibility index (Phi) is 4.32. The minimum absolute atomic E-state index is 0.186. The maximum Gasteiger partial charge on any atom is 0.358 e. The second kappa shape index (κ2) is 5.54. The van der Waals surface area contributed by atoms with Gasteiger partial charge in [0.05, 0.1) is 6.61 Å². The van der Waals surface area contributed by atoms with Gasteiger partial charge in [-0.15, -0.1) is 10.2 Å². The third-order valence-corrected chi connectivity index (χ3v) is 1.77. The van der Waals surface area contributed by atoms with E-state index in [1.54, 1.807) is 0 Å². The topological polar surface area (TPSA) is 52.1 Å². The second-order valence-electron chi connectivity index (χ2n) is 2.73. The Morgan fingerprint density at radius 2 is 2.29 bits per heavy atom. The van der Waals surface area contributed by atoms with Crippen molar-refractivity contribution in [1.82, 2.24) is 10.2 Å². The van der Waals surface area contributed by atoms with Crippen molar-refractivity contribution in [2.24, 2.45) is 0 Å². The third kappa shape index (κ3) is 3.30. The molecule has 0 aliphatic rings. The van der Waals surface area contributed by atoms with Gasteiger partial charge >= 0.3 is 5.97 Å². The van der Waals surface area contributed by atoms with Crippen LogP contribution in [0.2, 0.25) is 5.15 Å². The Morgan fingerprint density at radius 3 is 2.86 bits per heavy atom. The molecule has 1 heterocycles. The van der Waals surface area contributed by atoms with Crippen LogP contribution >= 0.6 is 11.6 Å². The van der Waals surface area contributed by atoms with Gasteiger partial charge in [0.2, 0.25) is 0 Å². The van der Waals surface area contributed by atoms with E-state index in [-0.39, 0.29) is 10.8 Å². The van der Waals surface area contributed by atoms with Crippen molar-refractivity contribution in [2.45, 2.75) is 19.8 Å². The van der Waals surface area contributed by atoms with Crippen LogP contribution in [0.4, 0.5) is 0 Å². The van der Waals surface area contributed by atoms with E-state index in [4.69, 9.17) is 16.3 Å². The molecule has 0 aliphatic carbocycles. The first kappa shape index (κ1) is 10.9. The molecule has 0 aliphatic heterocycles. The van der Waals surface area contributed by atoms with Crippen molar-refractivity contribution in [3.8, 4) is 0 Å². The van der Waals surface area contributed by atoms with E-state index < -0.39 is 5.97 Å². The predicted octanol–water partition coefficient (Wildman–Crippen LogP) is 2.09. The van der Waals surface area contributed by atoms with Gasteiger partial charge in [-0.2, -0.15) is 0 Å². The fourth-order valence-corrected chi connectivity index (χ4v) is 0.909. The maximum absolute atomic E-state index is 11.3. The van der Waals surface area contributed by atoms with Gasteiger partial charge in [0, 0.05) is 0 Å². The predicted molar refractivity (Wildman–Crippen MR) is 52.2 cm³/mol. The van der Waals surface area contributed by atoms with Gasteiger partial charge in [-0.25, -0.2) is 4.79 Å². The largest absolute Gasteiger partial charge is 0.461 e. The average molecular weight is 215 g/mol. The number of nitrogens with zero attached hydrogens (tertiary/aromatic N) is 2. The zero-order valence-corrected chi connectivity index (χ0v) is 8.62. The van der Waals surface area contributed by atoms with Crippen molar-refractivity contribution in [3.63, 3.8) is 0 Å². The summed E-state index contributed by atoms with van der Waals surface area (Å²) in [6.07, 6.45) is 1.84. The van der Waals surface area contributed by atoms with Gasteiger partial charge in [-0.1, -0.05) is 24.9 Å². The van der Waals surface area contributed by atoms with Crippen LogP contribution < -0.4 is 0 Å². The molecular weight excluding hydrogens is 204 g/mol. The van der Waals surface area contributed by atoms with Crippen molar-refractivity contribution < 1.29 is 9.53 Å². The van der Waals surface area contributed by atoms with Gasteiger partial charge < -0.3 is 4.74 Å². The second-order valence-corrected chi connectivity index (χ2v) is 3.12. The fourth-order valence-electron chi connectivity index (χ4n) is 0.808. The third-order valence-electron chi connectivity index (χ3n) is 1.57. The molecule has 1 aromatic rings. The number of carbonyl (C=O) groups excluding carboxylic acids is 1. The van der Waals surface area contributed by atoms with Gasteiger partial charge in [0.25, 0.3) is 0 Å². The van der Waals surface area contributed by atoms with E-state index in [9.17, 15) is 4.79 Å². The number of ether oxygens (including phenoxy) is 1. The fraction of sp³-hybridized carbons (Fsp3) is 0.444. The molecule has 4 nitrogen and oxygen atoms in total. The Bertz CT molecular complexity index is 300. The Hall–Kier alpha value is -1.16. The normalized spacial score (nSPS) is 9.86. The SMILES string of the molecule is CCCCOC(=O)c1ccc(Cl)nn1. The van der Waals surface area contributed by atoms with Crippen LogP contribution in [0.5, 0.6) is 0 Å². The summed E-state index contributed by atoms with van der Waals surface area (Å²) in [5.41, 5.74) is 0.186. The lowest BCUT2D eigenvalue weighted by Crippen LogP contribution is -2.09. The van der Waals surface area contributed by atoms with E-state index in [0.717, 1.165) is 12.8 Å². The number of hydrogen-bond acceptors (Lipinski definition) is 4. The van der Waals surface area contributed by atoms with Gasteiger partial charge in [-0.3, -0.25) is 0 Å². The van der Waals surface area contributed by atoms with Crippen molar-refractivity contribution in [2.75, 3.05) is 6.61 Å². The molecule has 1 aromatic heterocycles. The number of aromatic nitrogens is 2. The van der Waals surface area contributed by atoms with E-state index in [2.05, 4.69) is 10.2 Å². The summed E-state index contributed by atoms with van der Waals surface area (Å²) in [6.45, 7) is 2.44. The standard InChI is InChI=1S/C9H11ClN2O2/c1-2-3-6-14-9(13)7-4-5-8(10)12-11-7/h4-5H,2-3,6H2,1H3. The first-order valence-corrected chi connectivity index (χ1v) is 4.78. The number of unbranched alkanes of at least 4 members (excludes halogenated alkanes) is 1. The van der Waals surface area contributed by atoms with E-state index in [0.29, 0.717) is 6.61 Å². The van der Waals surface area contributed by atoms with Crippen molar-refractivity contribution in [1.29, 1.82) is 0 Å². The van der Waals surface area contributed by atoms with E-state index in [1.165, 1.54) is 12.1 Å². The summed E-state index contributed by atoms with van der Waals surface area (Å²) in [5, 5.41) is 7.40. The summed E-state index contributed by atoms with van der Waals surface area (Å²) in [6, 6.07) is 2.99. The number of esters is 1. The Morgan fingerprint density at radius 1 is 1.50 bits per heavy atom. The number of halogens is 1. The molecule has 0 spiro atoms.